The van der Waals surface area contributed by atoms with Gasteiger partial charge in [0.05, 0.1) is 24.2 Å². The van der Waals surface area contributed by atoms with E-state index in [1.165, 1.54) is 5.56 Å². The third kappa shape index (κ3) is 3.08. The first kappa shape index (κ1) is 15.3. The molecule has 4 rings (SSSR count). The number of hydrogen-bond donors (Lipinski definition) is 1. The summed E-state index contributed by atoms with van der Waals surface area (Å²) >= 11 is 0. The molecular formula is C18H19N7. The quantitative estimate of drug-likeness (QED) is 0.608. The van der Waals surface area contributed by atoms with Gasteiger partial charge in [-0.25, -0.2) is 9.97 Å². The van der Waals surface area contributed by atoms with Gasteiger partial charge in [-0.2, -0.15) is 10.2 Å². The van der Waals surface area contributed by atoms with Gasteiger partial charge >= 0.3 is 0 Å². The molecule has 0 unspecified atom stereocenters. The third-order valence-corrected chi connectivity index (χ3v) is 4.15. The van der Waals surface area contributed by atoms with E-state index < -0.39 is 0 Å². The molecule has 7 nitrogen and oxygen atoms in total. The molecule has 3 heterocycles. The van der Waals surface area contributed by atoms with E-state index in [9.17, 15) is 0 Å². The van der Waals surface area contributed by atoms with E-state index in [0.717, 1.165) is 16.9 Å². The van der Waals surface area contributed by atoms with E-state index >= 15 is 0 Å². The summed E-state index contributed by atoms with van der Waals surface area (Å²) in [6.07, 6.45) is 5.55. The number of rotatable bonds is 5. The summed E-state index contributed by atoms with van der Waals surface area (Å²) in [7, 11) is 1.89. The third-order valence-electron chi connectivity index (χ3n) is 4.15. The second-order valence-electron chi connectivity index (χ2n) is 5.96. The van der Waals surface area contributed by atoms with Crippen molar-refractivity contribution in [3.63, 3.8) is 0 Å². The van der Waals surface area contributed by atoms with Crippen molar-refractivity contribution in [3.05, 3.63) is 66.4 Å². The molecule has 0 aliphatic carbocycles. The molecule has 0 radical (unpaired) electrons. The van der Waals surface area contributed by atoms with Gasteiger partial charge in [-0.1, -0.05) is 30.3 Å². The molecule has 1 N–H and O–H groups in total. The summed E-state index contributed by atoms with van der Waals surface area (Å²) in [5.41, 5.74) is 1.99. The van der Waals surface area contributed by atoms with Gasteiger partial charge in [0.25, 0.3) is 0 Å². The Balaban J connectivity index is 1.74. The summed E-state index contributed by atoms with van der Waals surface area (Å²) in [4.78, 5) is 9.09. The number of anilines is 1. The largest absolute Gasteiger partial charge is 0.361 e. The number of aromatic nitrogens is 6. The van der Waals surface area contributed by atoms with Gasteiger partial charge in [0, 0.05) is 19.4 Å². The number of aryl methyl sites for hydroxylation is 2. The first-order valence-electron chi connectivity index (χ1n) is 8.16. The molecule has 1 atom stereocenters. The van der Waals surface area contributed by atoms with Crippen LogP contribution >= 0.6 is 0 Å². The Labute approximate surface area is 145 Å². The minimum Gasteiger partial charge on any atom is -0.361 e. The Bertz CT molecular complexity index is 974. The van der Waals surface area contributed by atoms with E-state index in [1.54, 1.807) is 17.1 Å². The molecular weight excluding hydrogens is 314 g/mol. The topological polar surface area (TPSA) is 73.5 Å². The number of benzene rings is 1. The zero-order valence-electron chi connectivity index (χ0n) is 14.2. The van der Waals surface area contributed by atoms with Crippen molar-refractivity contribution in [2.45, 2.75) is 19.5 Å². The summed E-state index contributed by atoms with van der Waals surface area (Å²) in [5, 5.41) is 13.1. The standard InChI is InChI=1S/C18H19N7/c1-13-21-17(15-11-20-24(2)18(15)22-13)23-16(12-25-10-6-9-19-25)14-7-4-3-5-8-14/h3-11,16H,12H2,1-2H3,(H,21,22,23)/t16-/m0/s1. The van der Waals surface area contributed by atoms with Crippen LogP contribution in [0.4, 0.5) is 5.82 Å². The van der Waals surface area contributed by atoms with Crippen molar-refractivity contribution in [1.82, 2.24) is 29.5 Å². The molecule has 25 heavy (non-hydrogen) atoms. The van der Waals surface area contributed by atoms with E-state index in [4.69, 9.17) is 0 Å². The average molecular weight is 333 g/mol. The minimum absolute atomic E-state index is 0.0267. The maximum Gasteiger partial charge on any atom is 0.163 e. The highest BCUT2D eigenvalue weighted by Crippen LogP contribution is 2.25. The van der Waals surface area contributed by atoms with Crippen LogP contribution in [0.25, 0.3) is 11.0 Å². The summed E-state index contributed by atoms with van der Waals surface area (Å²) in [5.74, 6) is 1.50. The van der Waals surface area contributed by atoms with Crippen LogP contribution in [0.15, 0.2) is 55.0 Å². The number of hydrogen-bond acceptors (Lipinski definition) is 5. The molecule has 0 amide bonds. The van der Waals surface area contributed by atoms with Crippen molar-refractivity contribution in [3.8, 4) is 0 Å². The lowest BCUT2D eigenvalue weighted by atomic mass is 10.1. The molecule has 4 aromatic rings. The molecule has 0 aliphatic heterocycles. The molecule has 0 saturated carbocycles. The molecule has 0 fully saturated rings. The minimum atomic E-state index is 0.0267. The monoisotopic (exact) mass is 333 g/mol. The van der Waals surface area contributed by atoms with Gasteiger partial charge in [0.1, 0.15) is 11.6 Å². The normalized spacial score (nSPS) is 12.4. The first-order chi connectivity index (χ1) is 12.2. The van der Waals surface area contributed by atoms with Gasteiger partial charge in [0.15, 0.2) is 5.65 Å². The van der Waals surface area contributed by atoms with Crippen molar-refractivity contribution in [2.75, 3.05) is 5.32 Å². The molecule has 0 spiro atoms. The fourth-order valence-electron chi connectivity index (χ4n) is 2.92. The van der Waals surface area contributed by atoms with Gasteiger partial charge in [-0.05, 0) is 18.6 Å². The fraction of sp³-hybridized carbons (Fsp3) is 0.222. The summed E-state index contributed by atoms with van der Waals surface area (Å²) < 4.78 is 3.68. The van der Waals surface area contributed by atoms with Gasteiger partial charge in [-0.3, -0.25) is 9.36 Å². The van der Waals surface area contributed by atoms with Crippen LogP contribution in [0.3, 0.4) is 0 Å². The van der Waals surface area contributed by atoms with E-state index in [-0.39, 0.29) is 6.04 Å². The smallest absolute Gasteiger partial charge is 0.163 e. The maximum atomic E-state index is 4.60. The average Bonchev–Trinajstić information content (AvgIpc) is 3.26. The number of nitrogens with one attached hydrogen (secondary N) is 1. The molecule has 126 valence electrons. The lowest BCUT2D eigenvalue weighted by Crippen LogP contribution is -2.19. The van der Waals surface area contributed by atoms with Crippen LogP contribution in [0.1, 0.15) is 17.4 Å². The van der Waals surface area contributed by atoms with Gasteiger partial charge in [0.2, 0.25) is 0 Å². The highest BCUT2D eigenvalue weighted by molar-refractivity contribution is 5.86. The lowest BCUT2D eigenvalue weighted by molar-refractivity contribution is 0.550. The van der Waals surface area contributed by atoms with Crippen molar-refractivity contribution >= 4 is 16.9 Å². The Hall–Kier alpha value is -3.22. The Morgan fingerprint density at radius 2 is 1.92 bits per heavy atom. The SMILES string of the molecule is Cc1nc(N[C@@H](Cn2cccn2)c2ccccc2)c2cnn(C)c2n1. The molecule has 1 aromatic carbocycles. The first-order valence-corrected chi connectivity index (χ1v) is 8.16. The van der Waals surface area contributed by atoms with Crippen LogP contribution in [0.2, 0.25) is 0 Å². The molecule has 3 aromatic heterocycles. The van der Waals surface area contributed by atoms with Crippen LogP contribution in [0.5, 0.6) is 0 Å². The zero-order chi connectivity index (χ0) is 17.2. The Morgan fingerprint density at radius 1 is 1.08 bits per heavy atom. The summed E-state index contributed by atoms with van der Waals surface area (Å²) in [6.45, 7) is 2.59. The predicted molar refractivity (Wildman–Crippen MR) is 96.1 cm³/mol. The Kier molecular flexibility index (Phi) is 3.89. The second-order valence-corrected chi connectivity index (χ2v) is 5.96. The van der Waals surface area contributed by atoms with Crippen LogP contribution in [-0.2, 0) is 13.6 Å². The predicted octanol–water partition coefficient (Wildman–Crippen LogP) is 2.72. The summed E-state index contributed by atoms with van der Waals surface area (Å²) in [6, 6.07) is 12.3. The van der Waals surface area contributed by atoms with Gasteiger partial charge < -0.3 is 5.32 Å². The number of fused-ring (bicyclic) bond motifs is 1. The molecule has 0 saturated heterocycles. The number of nitrogens with zero attached hydrogens (tertiary/aromatic N) is 6. The highest BCUT2D eigenvalue weighted by atomic mass is 15.3. The fourth-order valence-corrected chi connectivity index (χ4v) is 2.92. The van der Waals surface area contributed by atoms with Crippen LogP contribution in [-0.4, -0.2) is 29.5 Å². The van der Waals surface area contributed by atoms with Gasteiger partial charge in [-0.15, -0.1) is 0 Å². The molecule has 7 heteroatoms. The zero-order valence-corrected chi connectivity index (χ0v) is 14.2. The molecule has 0 bridgehead atoms. The van der Waals surface area contributed by atoms with E-state index in [1.807, 2.05) is 49.1 Å². The Morgan fingerprint density at radius 3 is 2.68 bits per heavy atom. The second kappa shape index (κ2) is 6.35. The lowest BCUT2D eigenvalue weighted by Gasteiger charge is -2.20. The molecule has 0 aliphatic rings. The van der Waals surface area contributed by atoms with Crippen molar-refractivity contribution in [2.24, 2.45) is 7.05 Å². The van der Waals surface area contributed by atoms with E-state index in [2.05, 4.69) is 37.6 Å². The maximum absolute atomic E-state index is 4.60. The van der Waals surface area contributed by atoms with Crippen molar-refractivity contribution in [1.29, 1.82) is 0 Å². The van der Waals surface area contributed by atoms with Crippen molar-refractivity contribution < 1.29 is 0 Å². The van der Waals surface area contributed by atoms with E-state index in [0.29, 0.717) is 12.4 Å². The highest BCUT2D eigenvalue weighted by Gasteiger charge is 2.17. The van der Waals surface area contributed by atoms with Crippen LogP contribution < -0.4 is 5.32 Å². The van der Waals surface area contributed by atoms with Crippen LogP contribution in [0, 0.1) is 6.92 Å².